The maximum Gasteiger partial charge on any atom is 2.00 e. The van der Waals surface area contributed by atoms with E-state index in [4.69, 9.17) is 15.0 Å². The summed E-state index contributed by atoms with van der Waals surface area (Å²) in [5, 5.41) is 4.54. The van der Waals surface area contributed by atoms with E-state index in [2.05, 4.69) is 183 Å². The largest absolute Gasteiger partial charge is 2.00 e. The molecule has 10 aromatic rings. The molecule has 0 aliphatic carbocycles. The minimum Gasteiger partial charge on any atom is -0.663 e. The fourth-order valence-electron chi connectivity index (χ4n) is 7.75. The van der Waals surface area contributed by atoms with E-state index in [-0.39, 0.29) is 26.5 Å². The Morgan fingerprint density at radius 2 is 1.25 bits per heavy atom. The standard InChI is InChI=1S/C50H36N4.Pt/c1-50(2,3)38-30-45(52-47(31-38)54-46-22-11-10-20-39(46)40-21-13-25-51-49(40)54)36-19-12-18-35(26-36)41-28-37(33-16-8-5-9-17-33)29-43-42-27-34(32-14-6-4-7-15-32)23-24-44(42)53-48(41)43;/h4-25,27-31H,1-3H3;/q-2;+2. The van der Waals surface area contributed by atoms with Crippen LogP contribution in [-0.2, 0) is 26.5 Å². The van der Waals surface area contributed by atoms with Crippen LogP contribution < -0.4 is 4.98 Å². The van der Waals surface area contributed by atoms with E-state index in [0.717, 1.165) is 83.1 Å². The number of aromatic nitrogens is 4. The SMILES string of the molecule is CC(C)(C)c1cc(-c2[c-]c(-c3cc(-c4ccccc4)cc4c3[n-]c3ccc(-c5ccccc5)cc34)ccc2)nc(-n2c3ccccc3c3cccnc32)c1.[Pt+2]. The zero-order chi connectivity index (χ0) is 36.4. The number of hydrogen-bond donors (Lipinski definition) is 0. The van der Waals surface area contributed by atoms with Crippen molar-refractivity contribution in [2.24, 2.45) is 0 Å². The van der Waals surface area contributed by atoms with Crippen molar-refractivity contribution in [3.05, 3.63) is 176 Å². The summed E-state index contributed by atoms with van der Waals surface area (Å²) in [7, 11) is 0. The van der Waals surface area contributed by atoms with E-state index in [1.807, 2.05) is 12.3 Å². The Morgan fingerprint density at radius 3 is 2.04 bits per heavy atom. The van der Waals surface area contributed by atoms with Crippen molar-refractivity contribution in [1.82, 2.24) is 19.5 Å². The molecule has 0 bridgehead atoms. The number of nitrogens with zero attached hydrogens (tertiary/aromatic N) is 4. The molecule has 266 valence electrons. The number of rotatable bonds is 5. The van der Waals surface area contributed by atoms with Gasteiger partial charge in [-0.05, 0) is 80.4 Å². The first-order valence-corrected chi connectivity index (χ1v) is 18.4. The van der Waals surface area contributed by atoms with Gasteiger partial charge in [-0.3, -0.25) is 9.55 Å². The van der Waals surface area contributed by atoms with Gasteiger partial charge in [0.25, 0.3) is 0 Å². The van der Waals surface area contributed by atoms with Gasteiger partial charge in [0.05, 0.1) is 5.52 Å². The van der Waals surface area contributed by atoms with Crippen LogP contribution in [0, 0.1) is 6.07 Å². The molecule has 0 fully saturated rings. The first-order chi connectivity index (χ1) is 26.4. The fourth-order valence-corrected chi connectivity index (χ4v) is 7.75. The molecular formula is C50H36N4Pt. The third-order valence-electron chi connectivity index (χ3n) is 10.5. The van der Waals surface area contributed by atoms with E-state index >= 15 is 0 Å². The second kappa shape index (κ2) is 13.6. The van der Waals surface area contributed by atoms with Gasteiger partial charge in [0.15, 0.2) is 0 Å². The van der Waals surface area contributed by atoms with Crippen molar-refractivity contribution in [3.8, 4) is 50.5 Å². The quantitative estimate of drug-likeness (QED) is 0.162. The molecule has 0 N–H and O–H groups in total. The molecule has 4 aromatic heterocycles. The van der Waals surface area contributed by atoms with Crippen molar-refractivity contribution in [3.63, 3.8) is 0 Å². The summed E-state index contributed by atoms with van der Waals surface area (Å²) < 4.78 is 2.20. The van der Waals surface area contributed by atoms with Gasteiger partial charge in [-0.2, -0.15) is 5.52 Å². The summed E-state index contributed by atoms with van der Waals surface area (Å²) in [5.41, 5.74) is 13.5. The number of pyridine rings is 2. The van der Waals surface area contributed by atoms with Gasteiger partial charge in [0, 0.05) is 22.7 Å². The van der Waals surface area contributed by atoms with Gasteiger partial charge in [-0.15, -0.1) is 35.3 Å². The van der Waals surface area contributed by atoms with Crippen LogP contribution >= 0.6 is 0 Å². The molecule has 4 nitrogen and oxygen atoms in total. The molecule has 0 amide bonds. The van der Waals surface area contributed by atoms with Gasteiger partial charge in [0.1, 0.15) is 11.5 Å². The minimum atomic E-state index is -0.121. The van der Waals surface area contributed by atoms with Crippen molar-refractivity contribution in [1.29, 1.82) is 0 Å². The molecular weight excluding hydrogens is 852 g/mol. The summed E-state index contributed by atoms with van der Waals surface area (Å²) in [6.07, 6.45) is 1.86. The molecule has 6 aromatic carbocycles. The van der Waals surface area contributed by atoms with Gasteiger partial charge in [-0.25, -0.2) is 4.98 Å². The van der Waals surface area contributed by atoms with Crippen LogP contribution in [0.2, 0.25) is 0 Å². The second-order valence-electron chi connectivity index (χ2n) is 15.1. The molecule has 0 atom stereocenters. The van der Waals surface area contributed by atoms with Crippen molar-refractivity contribution < 1.29 is 21.1 Å². The molecule has 0 aliphatic heterocycles. The molecule has 10 rings (SSSR count). The van der Waals surface area contributed by atoms with E-state index in [9.17, 15) is 0 Å². The summed E-state index contributed by atoms with van der Waals surface area (Å²) >= 11 is 0. The van der Waals surface area contributed by atoms with Crippen molar-refractivity contribution in [2.75, 3.05) is 0 Å². The van der Waals surface area contributed by atoms with Gasteiger partial charge >= 0.3 is 21.1 Å². The number of hydrogen-bond acceptors (Lipinski definition) is 2. The van der Waals surface area contributed by atoms with E-state index in [0.29, 0.717) is 0 Å². The Labute approximate surface area is 334 Å². The number of para-hydroxylation sites is 1. The third kappa shape index (κ3) is 6.08. The molecule has 0 spiro atoms. The Hall–Kier alpha value is -6.09. The summed E-state index contributed by atoms with van der Waals surface area (Å²) in [4.78, 5) is 15.5. The monoisotopic (exact) mass is 887 g/mol. The maximum atomic E-state index is 5.37. The molecule has 0 saturated carbocycles. The summed E-state index contributed by atoms with van der Waals surface area (Å²) in [6.45, 7) is 6.75. The molecule has 4 heterocycles. The number of fused-ring (bicyclic) bond motifs is 6. The Morgan fingerprint density at radius 1 is 0.564 bits per heavy atom. The van der Waals surface area contributed by atoms with E-state index in [1.54, 1.807) is 0 Å². The second-order valence-corrected chi connectivity index (χ2v) is 15.1. The average molecular weight is 888 g/mol. The predicted molar refractivity (Wildman–Crippen MR) is 224 cm³/mol. The molecule has 0 saturated heterocycles. The average Bonchev–Trinajstić information content (AvgIpc) is 3.76. The molecule has 5 heteroatoms. The zero-order valence-corrected chi connectivity index (χ0v) is 33.0. The van der Waals surface area contributed by atoms with Gasteiger partial charge < -0.3 is 4.98 Å². The number of benzene rings is 6. The maximum absolute atomic E-state index is 5.37. The first kappa shape index (κ1) is 34.7. The van der Waals surface area contributed by atoms with Crippen LogP contribution in [0.25, 0.3) is 94.2 Å². The van der Waals surface area contributed by atoms with Crippen LogP contribution in [0.4, 0.5) is 0 Å². The summed E-state index contributed by atoms with van der Waals surface area (Å²) in [5.74, 6) is 0.841. The van der Waals surface area contributed by atoms with Crippen molar-refractivity contribution in [2.45, 2.75) is 26.2 Å². The van der Waals surface area contributed by atoms with E-state index < -0.39 is 0 Å². The van der Waals surface area contributed by atoms with Gasteiger partial charge in [0.2, 0.25) is 0 Å². The first-order valence-electron chi connectivity index (χ1n) is 18.4. The Bertz CT molecular complexity index is 2970. The van der Waals surface area contributed by atoms with Crippen LogP contribution in [0.5, 0.6) is 0 Å². The van der Waals surface area contributed by atoms with Crippen LogP contribution in [0.3, 0.4) is 0 Å². The molecule has 0 radical (unpaired) electrons. The Balaban J connectivity index is 0.00000397. The van der Waals surface area contributed by atoms with Gasteiger partial charge in [-0.1, -0.05) is 135 Å². The minimum absolute atomic E-state index is 0. The normalized spacial score (nSPS) is 11.8. The topological polar surface area (TPSA) is 44.8 Å². The fraction of sp³-hybridized carbons (Fsp3) is 0.0800. The molecule has 55 heavy (non-hydrogen) atoms. The predicted octanol–water partition coefficient (Wildman–Crippen LogP) is 12.6. The van der Waals surface area contributed by atoms with Crippen LogP contribution in [-0.4, -0.2) is 14.5 Å². The molecule has 0 unspecified atom stereocenters. The third-order valence-corrected chi connectivity index (χ3v) is 10.5. The zero-order valence-electron chi connectivity index (χ0n) is 30.7. The van der Waals surface area contributed by atoms with Crippen molar-refractivity contribution >= 4 is 43.7 Å². The van der Waals surface area contributed by atoms with Crippen LogP contribution in [0.15, 0.2) is 164 Å². The van der Waals surface area contributed by atoms with E-state index in [1.165, 1.54) is 16.7 Å². The molecule has 0 aliphatic rings. The Kier molecular flexibility index (Phi) is 8.60. The summed E-state index contributed by atoms with van der Waals surface area (Å²) in [6, 6.07) is 59.6. The van der Waals surface area contributed by atoms with Crippen LogP contribution in [0.1, 0.15) is 26.3 Å². The smallest absolute Gasteiger partial charge is 0.663 e.